The molecule has 0 spiro atoms. The highest BCUT2D eigenvalue weighted by atomic mass is 16.5. The SMILES string of the molecule is CCNc1nc(OCC)nc(Oc2cccc(C#N)c2)n1. The van der Waals surface area contributed by atoms with Gasteiger partial charge in [0.1, 0.15) is 5.75 Å². The van der Waals surface area contributed by atoms with Crippen molar-refractivity contribution in [1.82, 2.24) is 15.0 Å². The average molecular weight is 285 g/mol. The van der Waals surface area contributed by atoms with E-state index in [1.54, 1.807) is 24.3 Å². The zero-order valence-corrected chi connectivity index (χ0v) is 11.8. The Hall–Kier alpha value is -2.88. The molecule has 1 aromatic heterocycles. The van der Waals surface area contributed by atoms with Gasteiger partial charge in [0.2, 0.25) is 5.95 Å². The van der Waals surface area contributed by atoms with Gasteiger partial charge >= 0.3 is 12.0 Å². The van der Waals surface area contributed by atoms with Crippen LogP contribution >= 0.6 is 0 Å². The summed E-state index contributed by atoms with van der Waals surface area (Å²) < 4.78 is 10.8. The van der Waals surface area contributed by atoms with Gasteiger partial charge in [-0.2, -0.15) is 15.2 Å². The van der Waals surface area contributed by atoms with E-state index < -0.39 is 0 Å². The monoisotopic (exact) mass is 285 g/mol. The molecule has 21 heavy (non-hydrogen) atoms. The second-order valence-electron chi connectivity index (χ2n) is 3.93. The lowest BCUT2D eigenvalue weighted by molar-refractivity contribution is 0.304. The highest BCUT2D eigenvalue weighted by molar-refractivity contribution is 5.37. The molecule has 1 heterocycles. The van der Waals surface area contributed by atoms with E-state index in [-0.39, 0.29) is 12.0 Å². The largest absolute Gasteiger partial charge is 0.464 e. The Morgan fingerprint density at radius 1 is 1.19 bits per heavy atom. The maximum Gasteiger partial charge on any atom is 0.330 e. The molecule has 1 N–H and O–H groups in total. The number of rotatable bonds is 6. The molecule has 1 aromatic carbocycles. The molecular formula is C14H15N5O2. The standard InChI is InChI=1S/C14H15N5O2/c1-3-16-12-17-13(20-4-2)19-14(18-12)21-11-7-5-6-10(8-11)9-15/h5-8H,3-4H2,1-2H3,(H,16,17,18,19). The van der Waals surface area contributed by atoms with Crippen LogP contribution < -0.4 is 14.8 Å². The Morgan fingerprint density at radius 2 is 2.00 bits per heavy atom. The molecule has 2 rings (SSSR count). The maximum atomic E-state index is 8.88. The maximum absolute atomic E-state index is 8.88. The number of hydrogen-bond donors (Lipinski definition) is 1. The normalized spacial score (nSPS) is 9.76. The van der Waals surface area contributed by atoms with Crippen molar-refractivity contribution in [3.05, 3.63) is 29.8 Å². The van der Waals surface area contributed by atoms with Gasteiger partial charge in [-0.1, -0.05) is 6.07 Å². The van der Waals surface area contributed by atoms with Crippen LogP contribution in [0.5, 0.6) is 17.8 Å². The molecule has 0 amide bonds. The minimum Gasteiger partial charge on any atom is -0.464 e. The van der Waals surface area contributed by atoms with E-state index >= 15 is 0 Å². The summed E-state index contributed by atoms with van der Waals surface area (Å²) in [5, 5.41) is 11.9. The minimum atomic E-state index is 0.111. The summed E-state index contributed by atoms with van der Waals surface area (Å²) in [4.78, 5) is 12.3. The molecule has 2 aromatic rings. The van der Waals surface area contributed by atoms with Crippen molar-refractivity contribution in [2.45, 2.75) is 13.8 Å². The first kappa shape index (κ1) is 14.5. The van der Waals surface area contributed by atoms with E-state index in [9.17, 15) is 0 Å². The van der Waals surface area contributed by atoms with E-state index in [1.165, 1.54) is 0 Å². The fourth-order valence-corrected chi connectivity index (χ4v) is 1.55. The Bertz CT molecular complexity index is 630. The van der Waals surface area contributed by atoms with Crippen LogP contribution in [0.3, 0.4) is 0 Å². The van der Waals surface area contributed by atoms with Crippen LogP contribution in [0.2, 0.25) is 0 Å². The molecule has 0 radical (unpaired) electrons. The summed E-state index contributed by atoms with van der Waals surface area (Å²) in [7, 11) is 0. The van der Waals surface area contributed by atoms with Crippen LogP contribution in [0.15, 0.2) is 24.3 Å². The first-order valence-corrected chi connectivity index (χ1v) is 6.56. The van der Waals surface area contributed by atoms with Crippen molar-refractivity contribution in [3.8, 4) is 23.8 Å². The van der Waals surface area contributed by atoms with E-state index in [0.29, 0.717) is 30.4 Å². The summed E-state index contributed by atoms with van der Waals surface area (Å²) in [5.41, 5.74) is 0.499. The Balaban J connectivity index is 2.27. The van der Waals surface area contributed by atoms with Crippen molar-refractivity contribution in [3.63, 3.8) is 0 Å². The molecule has 0 saturated heterocycles. The van der Waals surface area contributed by atoms with Gasteiger partial charge in [0.15, 0.2) is 0 Å². The van der Waals surface area contributed by atoms with Gasteiger partial charge in [-0.3, -0.25) is 0 Å². The molecule has 0 unspecified atom stereocenters. The molecule has 0 atom stereocenters. The number of nitrogens with zero attached hydrogens (tertiary/aromatic N) is 4. The molecule has 0 aliphatic rings. The van der Waals surface area contributed by atoms with Gasteiger partial charge in [-0.25, -0.2) is 0 Å². The first-order chi connectivity index (χ1) is 10.2. The predicted octanol–water partition coefficient (Wildman–Crippen LogP) is 2.37. The average Bonchev–Trinajstić information content (AvgIpc) is 2.48. The Morgan fingerprint density at radius 3 is 2.71 bits per heavy atom. The second-order valence-corrected chi connectivity index (χ2v) is 3.93. The molecule has 0 aliphatic carbocycles. The topological polar surface area (TPSA) is 93.0 Å². The van der Waals surface area contributed by atoms with Crippen molar-refractivity contribution < 1.29 is 9.47 Å². The van der Waals surface area contributed by atoms with Gasteiger partial charge in [0.05, 0.1) is 18.2 Å². The molecular weight excluding hydrogens is 270 g/mol. The molecule has 108 valence electrons. The van der Waals surface area contributed by atoms with Gasteiger partial charge < -0.3 is 14.8 Å². The zero-order valence-electron chi connectivity index (χ0n) is 11.8. The quantitative estimate of drug-likeness (QED) is 0.870. The van der Waals surface area contributed by atoms with Gasteiger partial charge in [-0.05, 0) is 32.0 Å². The number of hydrogen-bond acceptors (Lipinski definition) is 7. The van der Waals surface area contributed by atoms with E-state index in [4.69, 9.17) is 14.7 Å². The van der Waals surface area contributed by atoms with Crippen LogP contribution in [0.4, 0.5) is 5.95 Å². The second kappa shape index (κ2) is 7.05. The van der Waals surface area contributed by atoms with Crippen molar-refractivity contribution in [1.29, 1.82) is 5.26 Å². The van der Waals surface area contributed by atoms with Crippen LogP contribution in [0, 0.1) is 11.3 Å². The summed E-state index contributed by atoms with van der Waals surface area (Å²) in [6.45, 7) is 4.88. The minimum absolute atomic E-state index is 0.111. The van der Waals surface area contributed by atoms with Crippen molar-refractivity contribution >= 4 is 5.95 Å². The Labute approximate surface area is 122 Å². The van der Waals surface area contributed by atoms with Gasteiger partial charge in [0.25, 0.3) is 0 Å². The zero-order chi connectivity index (χ0) is 15.1. The lowest BCUT2D eigenvalue weighted by Crippen LogP contribution is -2.07. The molecule has 0 bridgehead atoms. The van der Waals surface area contributed by atoms with E-state index in [1.807, 2.05) is 19.9 Å². The third kappa shape index (κ3) is 4.04. The number of aromatic nitrogens is 3. The number of nitrogens with one attached hydrogen (secondary N) is 1. The summed E-state index contributed by atoms with van der Waals surface area (Å²) in [6.07, 6.45) is 0. The van der Waals surface area contributed by atoms with Crippen LogP contribution in [0.25, 0.3) is 0 Å². The van der Waals surface area contributed by atoms with Crippen LogP contribution in [-0.2, 0) is 0 Å². The molecule has 0 aliphatic heterocycles. The summed E-state index contributed by atoms with van der Waals surface area (Å²) in [5.74, 6) is 0.854. The van der Waals surface area contributed by atoms with Crippen molar-refractivity contribution in [2.75, 3.05) is 18.5 Å². The van der Waals surface area contributed by atoms with Gasteiger partial charge in [0, 0.05) is 6.54 Å². The molecule has 0 saturated carbocycles. The third-order valence-electron chi connectivity index (χ3n) is 2.37. The number of ether oxygens (including phenoxy) is 2. The van der Waals surface area contributed by atoms with Crippen molar-refractivity contribution in [2.24, 2.45) is 0 Å². The van der Waals surface area contributed by atoms with Crippen LogP contribution in [0.1, 0.15) is 19.4 Å². The van der Waals surface area contributed by atoms with Gasteiger partial charge in [-0.15, -0.1) is 4.98 Å². The number of benzene rings is 1. The summed E-state index contributed by atoms with van der Waals surface area (Å²) >= 11 is 0. The lowest BCUT2D eigenvalue weighted by Gasteiger charge is -2.08. The highest BCUT2D eigenvalue weighted by Crippen LogP contribution is 2.21. The third-order valence-corrected chi connectivity index (χ3v) is 2.37. The van der Waals surface area contributed by atoms with Crippen LogP contribution in [-0.4, -0.2) is 28.1 Å². The number of anilines is 1. The fourth-order valence-electron chi connectivity index (χ4n) is 1.55. The molecule has 7 heteroatoms. The van der Waals surface area contributed by atoms with E-state index in [0.717, 1.165) is 0 Å². The smallest absolute Gasteiger partial charge is 0.330 e. The molecule has 7 nitrogen and oxygen atoms in total. The lowest BCUT2D eigenvalue weighted by atomic mass is 10.2. The predicted molar refractivity (Wildman–Crippen MR) is 76.4 cm³/mol. The summed E-state index contributed by atoms with van der Waals surface area (Å²) in [6, 6.07) is 9.09. The Kier molecular flexibility index (Phi) is 4.88. The number of nitriles is 1. The first-order valence-electron chi connectivity index (χ1n) is 6.56. The molecule has 0 fully saturated rings. The highest BCUT2D eigenvalue weighted by Gasteiger charge is 2.09. The fraction of sp³-hybridized carbons (Fsp3) is 0.286. The van der Waals surface area contributed by atoms with E-state index in [2.05, 4.69) is 20.3 Å².